The number of rotatable bonds is 1. The number of nitrogens with zero attached hydrogens (tertiary/aromatic N) is 5. The van der Waals surface area contributed by atoms with E-state index in [1.807, 2.05) is 0 Å². The number of aliphatic hydroxyl groups is 3. The molecule has 1 amide bonds. The predicted octanol–water partition coefficient (Wildman–Crippen LogP) is -0.760. The van der Waals surface area contributed by atoms with Crippen LogP contribution in [0.15, 0.2) is 12.7 Å². The van der Waals surface area contributed by atoms with Crippen molar-refractivity contribution in [1.29, 1.82) is 0 Å². The number of imidazole rings is 1. The molecular formula is C15H22N6O5. The van der Waals surface area contributed by atoms with Gasteiger partial charge in [-0.3, -0.25) is 9.47 Å². The molecule has 1 saturated heterocycles. The number of nitrogen functional groups attached to an aromatic ring is 1. The third-order valence-corrected chi connectivity index (χ3v) is 4.05. The molecule has 142 valence electrons. The molecule has 0 saturated carbocycles. The van der Waals surface area contributed by atoms with E-state index < -0.39 is 36.2 Å². The number of piperidine rings is 1. The van der Waals surface area contributed by atoms with E-state index in [1.165, 1.54) is 17.2 Å². The molecule has 5 N–H and O–H groups in total. The topological polar surface area (TPSA) is 160 Å². The van der Waals surface area contributed by atoms with Crippen LogP contribution < -0.4 is 5.73 Å². The van der Waals surface area contributed by atoms with Crippen LogP contribution in [0.5, 0.6) is 0 Å². The van der Waals surface area contributed by atoms with Crippen molar-refractivity contribution in [1.82, 2.24) is 24.4 Å². The maximum Gasteiger partial charge on any atom is 0.412 e. The number of hydrogen-bond acceptors (Lipinski definition) is 9. The van der Waals surface area contributed by atoms with E-state index in [4.69, 9.17) is 10.5 Å². The number of fused-ring (bicyclic) bond motifs is 1. The molecule has 0 bridgehead atoms. The first-order chi connectivity index (χ1) is 12.1. The lowest BCUT2D eigenvalue weighted by molar-refractivity contribution is -0.151. The van der Waals surface area contributed by atoms with Gasteiger partial charge in [0.1, 0.15) is 41.9 Å². The largest absolute Gasteiger partial charge is 0.444 e. The van der Waals surface area contributed by atoms with Crippen molar-refractivity contribution in [3.63, 3.8) is 0 Å². The Labute approximate surface area is 149 Å². The smallest absolute Gasteiger partial charge is 0.412 e. The molecule has 11 heteroatoms. The molecule has 1 fully saturated rings. The SMILES string of the molecule is CC(C)(C)OC(=O)N1C[C@H](O)[C@@H](O)[C@@H](O)[C@@H]1n1cnc2c(N)ncnc21. The zero-order chi connectivity index (χ0) is 19.2. The van der Waals surface area contributed by atoms with Gasteiger partial charge in [0.15, 0.2) is 11.5 Å². The number of carbonyl (C=O) groups is 1. The molecule has 1 aliphatic heterocycles. The summed E-state index contributed by atoms with van der Waals surface area (Å²) in [5, 5.41) is 30.7. The molecule has 0 unspecified atom stereocenters. The van der Waals surface area contributed by atoms with E-state index in [1.54, 1.807) is 20.8 Å². The fraction of sp³-hybridized carbons (Fsp3) is 0.600. The molecule has 2 aromatic rings. The maximum atomic E-state index is 12.6. The van der Waals surface area contributed by atoms with E-state index in [0.29, 0.717) is 5.52 Å². The molecule has 3 heterocycles. The third-order valence-electron chi connectivity index (χ3n) is 4.05. The summed E-state index contributed by atoms with van der Waals surface area (Å²) in [6.07, 6.45) is -3.57. The van der Waals surface area contributed by atoms with Crippen molar-refractivity contribution < 1.29 is 24.9 Å². The first-order valence-corrected chi connectivity index (χ1v) is 8.07. The molecule has 0 aromatic carbocycles. The first-order valence-electron chi connectivity index (χ1n) is 8.07. The van der Waals surface area contributed by atoms with Gasteiger partial charge in [0.25, 0.3) is 0 Å². The molecule has 11 nitrogen and oxygen atoms in total. The molecule has 1 aliphatic rings. The number of ether oxygens (including phenoxy) is 1. The van der Waals surface area contributed by atoms with Crippen LogP contribution in [0.1, 0.15) is 26.9 Å². The Morgan fingerprint density at radius 3 is 2.58 bits per heavy atom. The molecule has 3 rings (SSSR count). The number of hydrogen-bond donors (Lipinski definition) is 4. The van der Waals surface area contributed by atoms with E-state index in [-0.39, 0.29) is 18.0 Å². The van der Waals surface area contributed by atoms with Crippen LogP contribution in [0.25, 0.3) is 11.2 Å². The predicted molar refractivity (Wildman–Crippen MR) is 89.7 cm³/mol. The van der Waals surface area contributed by atoms with Gasteiger partial charge in [0, 0.05) is 0 Å². The van der Waals surface area contributed by atoms with Crippen molar-refractivity contribution in [2.75, 3.05) is 12.3 Å². The van der Waals surface area contributed by atoms with Crippen molar-refractivity contribution in [3.05, 3.63) is 12.7 Å². The van der Waals surface area contributed by atoms with Crippen LogP contribution in [0.2, 0.25) is 0 Å². The number of likely N-dealkylation sites (tertiary alicyclic amines) is 1. The minimum absolute atomic E-state index is 0.142. The molecular weight excluding hydrogens is 344 g/mol. The minimum Gasteiger partial charge on any atom is -0.444 e. The van der Waals surface area contributed by atoms with Gasteiger partial charge in [-0.2, -0.15) is 0 Å². The second-order valence-electron chi connectivity index (χ2n) is 7.18. The molecule has 0 aliphatic carbocycles. The van der Waals surface area contributed by atoms with Gasteiger partial charge in [0.05, 0.1) is 12.9 Å². The quantitative estimate of drug-likeness (QED) is 0.508. The highest BCUT2D eigenvalue weighted by Gasteiger charge is 2.46. The summed E-state index contributed by atoms with van der Waals surface area (Å²) < 4.78 is 6.76. The zero-order valence-corrected chi connectivity index (χ0v) is 14.6. The normalized spacial score (nSPS) is 26.9. The highest BCUT2D eigenvalue weighted by molar-refractivity contribution is 5.81. The van der Waals surface area contributed by atoms with Crippen molar-refractivity contribution in [3.8, 4) is 0 Å². The Hall–Kier alpha value is -2.50. The Morgan fingerprint density at radius 1 is 1.23 bits per heavy atom. The number of anilines is 1. The molecule has 4 atom stereocenters. The van der Waals surface area contributed by atoms with Crippen LogP contribution >= 0.6 is 0 Å². The van der Waals surface area contributed by atoms with Gasteiger partial charge in [0.2, 0.25) is 0 Å². The lowest BCUT2D eigenvalue weighted by atomic mass is 9.99. The maximum absolute atomic E-state index is 12.6. The summed E-state index contributed by atoms with van der Waals surface area (Å²) in [6.45, 7) is 4.86. The van der Waals surface area contributed by atoms with Gasteiger partial charge in [-0.1, -0.05) is 0 Å². The van der Waals surface area contributed by atoms with E-state index in [2.05, 4.69) is 15.0 Å². The van der Waals surface area contributed by atoms with Crippen LogP contribution in [-0.4, -0.2) is 76.3 Å². The highest BCUT2D eigenvalue weighted by atomic mass is 16.6. The Morgan fingerprint density at radius 2 is 1.92 bits per heavy atom. The summed E-state index contributed by atoms with van der Waals surface area (Å²) in [4.78, 5) is 25.8. The fourth-order valence-electron chi connectivity index (χ4n) is 2.89. The monoisotopic (exact) mass is 366 g/mol. The highest BCUT2D eigenvalue weighted by Crippen LogP contribution is 2.31. The minimum atomic E-state index is -1.50. The Kier molecular flexibility index (Phi) is 4.46. The number of aliphatic hydroxyl groups excluding tert-OH is 3. The summed E-state index contributed by atoms with van der Waals surface area (Å²) in [7, 11) is 0. The number of carbonyl (C=O) groups excluding carboxylic acids is 1. The lowest BCUT2D eigenvalue weighted by Gasteiger charge is -2.44. The van der Waals surface area contributed by atoms with Crippen LogP contribution in [-0.2, 0) is 4.74 Å². The average Bonchev–Trinajstić information content (AvgIpc) is 2.96. The van der Waals surface area contributed by atoms with Gasteiger partial charge in [-0.05, 0) is 20.8 Å². The van der Waals surface area contributed by atoms with E-state index in [0.717, 1.165) is 4.90 Å². The van der Waals surface area contributed by atoms with Gasteiger partial charge < -0.3 is 25.8 Å². The second-order valence-corrected chi connectivity index (χ2v) is 7.18. The van der Waals surface area contributed by atoms with E-state index in [9.17, 15) is 20.1 Å². The molecule has 26 heavy (non-hydrogen) atoms. The number of aromatic nitrogens is 4. The summed E-state index contributed by atoms with van der Waals surface area (Å²) in [5.41, 5.74) is 5.57. The molecule has 2 aromatic heterocycles. The van der Waals surface area contributed by atoms with Crippen molar-refractivity contribution >= 4 is 23.1 Å². The standard InChI is InChI=1S/C15H22N6O5/c1-15(2,3)26-14(25)20-4-7(22)9(23)10(24)13(20)21-6-19-8-11(16)17-5-18-12(8)21/h5-7,9-10,13,22-24H,4H2,1-3H3,(H2,16,17,18)/t7-,9+,10+,13-/m0/s1. The number of β-amino-alcohol motifs (C(OH)–C–C–N with tert-alkyl or cyclic N) is 1. The van der Waals surface area contributed by atoms with Crippen LogP contribution in [0.4, 0.5) is 10.6 Å². The average molecular weight is 366 g/mol. The Balaban J connectivity index is 2.06. The second kappa shape index (κ2) is 6.34. The van der Waals surface area contributed by atoms with Crippen LogP contribution in [0, 0.1) is 0 Å². The first kappa shape index (κ1) is 18.3. The van der Waals surface area contributed by atoms with Gasteiger partial charge >= 0.3 is 6.09 Å². The molecule has 0 radical (unpaired) electrons. The van der Waals surface area contributed by atoms with Crippen molar-refractivity contribution in [2.45, 2.75) is 50.8 Å². The third kappa shape index (κ3) is 3.16. The van der Waals surface area contributed by atoms with Crippen LogP contribution in [0.3, 0.4) is 0 Å². The number of nitrogens with two attached hydrogens (primary N) is 1. The molecule has 0 spiro atoms. The summed E-state index contributed by atoms with van der Waals surface area (Å²) in [5.74, 6) is 0.142. The van der Waals surface area contributed by atoms with Gasteiger partial charge in [-0.25, -0.2) is 19.7 Å². The fourth-order valence-corrected chi connectivity index (χ4v) is 2.89. The lowest BCUT2D eigenvalue weighted by Crippen LogP contribution is -2.60. The van der Waals surface area contributed by atoms with E-state index >= 15 is 0 Å². The summed E-state index contributed by atoms with van der Waals surface area (Å²) >= 11 is 0. The zero-order valence-electron chi connectivity index (χ0n) is 14.6. The number of amides is 1. The van der Waals surface area contributed by atoms with Crippen molar-refractivity contribution in [2.24, 2.45) is 0 Å². The summed E-state index contributed by atoms with van der Waals surface area (Å²) in [6, 6.07) is 0. The Bertz CT molecular complexity index is 818. The van der Waals surface area contributed by atoms with Gasteiger partial charge in [-0.15, -0.1) is 0 Å².